The molecule has 2 aromatic rings. The van der Waals surface area contributed by atoms with E-state index in [2.05, 4.69) is 17.1 Å². The first-order valence-electron chi connectivity index (χ1n) is 8.68. The van der Waals surface area contributed by atoms with Gasteiger partial charge in [-0.25, -0.2) is 0 Å². The van der Waals surface area contributed by atoms with Crippen molar-refractivity contribution in [1.82, 2.24) is 10.2 Å². The number of hydrogen-bond donors (Lipinski definition) is 1. The van der Waals surface area contributed by atoms with Crippen molar-refractivity contribution < 1.29 is 9.21 Å². The van der Waals surface area contributed by atoms with Gasteiger partial charge in [0.2, 0.25) is 0 Å². The molecular weight excluding hydrogens is 356 g/mol. The summed E-state index contributed by atoms with van der Waals surface area (Å²) in [4.78, 5) is 16.1. The van der Waals surface area contributed by atoms with Gasteiger partial charge in [0.15, 0.2) is 10.9 Å². The van der Waals surface area contributed by atoms with E-state index in [0.717, 1.165) is 18.0 Å². The number of carbonyl (C=O) groups is 1. The van der Waals surface area contributed by atoms with Gasteiger partial charge in [-0.15, -0.1) is 0 Å². The Morgan fingerprint density at radius 3 is 2.60 bits per heavy atom. The van der Waals surface area contributed by atoms with Gasteiger partial charge < -0.3 is 9.73 Å². The molecule has 5 rings (SSSR count). The second-order valence-corrected chi connectivity index (χ2v) is 8.30. The zero-order valence-corrected chi connectivity index (χ0v) is 15.6. The molecule has 3 fully saturated rings. The van der Waals surface area contributed by atoms with Gasteiger partial charge in [-0.3, -0.25) is 9.69 Å². The lowest BCUT2D eigenvalue weighted by molar-refractivity contribution is 0.0210. The molecule has 0 spiro atoms. The van der Waals surface area contributed by atoms with Crippen LogP contribution in [0.4, 0.5) is 0 Å². The lowest BCUT2D eigenvalue weighted by atomic mass is 9.79. The molecule has 1 aromatic heterocycles. The minimum atomic E-state index is -0.117. The number of fused-ring (bicyclic) bond motifs is 3. The van der Waals surface area contributed by atoms with E-state index in [0.29, 0.717) is 27.8 Å². The maximum Gasteiger partial charge on any atom is 0.287 e. The van der Waals surface area contributed by atoms with E-state index in [4.69, 9.17) is 16.0 Å². The quantitative estimate of drug-likeness (QED) is 0.864. The molecule has 0 saturated carbocycles. The van der Waals surface area contributed by atoms with Crippen LogP contribution in [0.3, 0.4) is 0 Å². The Balaban J connectivity index is 1.41. The van der Waals surface area contributed by atoms with Crippen molar-refractivity contribution >= 4 is 29.3 Å². The van der Waals surface area contributed by atoms with Crippen molar-refractivity contribution in [2.24, 2.45) is 5.92 Å². The topological polar surface area (TPSA) is 45.5 Å². The largest absolute Gasteiger partial charge is 0.444 e. The second kappa shape index (κ2) is 7.06. The molecule has 0 radical (unpaired) electrons. The fourth-order valence-electron chi connectivity index (χ4n) is 3.88. The van der Waals surface area contributed by atoms with Gasteiger partial charge in [0.05, 0.1) is 0 Å². The zero-order valence-electron chi connectivity index (χ0n) is 14.1. The van der Waals surface area contributed by atoms with Gasteiger partial charge in [0.1, 0.15) is 0 Å². The Morgan fingerprint density at radius 2 is 1.92 bits per heavy atom. The van der Waals surface area contributed by atoms with Crippen LogP contribution in [0.25, 0.3) is 0 Å². The molecule has 25 heavy (non-hydrogen) atoms. The Labute approximate surface area is 156 Å². The summed E-state index contributed by atoms with van der Waals surface area (Å²) in [5, 5.41) is 4.61. The lowest BCUT2D eigenvalue weighted by Gasteiger charge is -2.49. The van der Waals surface area contributed by atoms with Crippen LogP contribution in [-0.4, -0.2) is 36.0 Å². The van der Waals surface area contributed by atoms with Crippen LogP contribution in [0.1, 0.15) is 30.3 Å². The number of carbonyl (C=O) groups excluding carboxylic acids is 1. The number of hydrogen-bond acceptors (Lipinski definition) is 4. The molecule has 0 aliphatic carbocycles. The van der Waals surface area contributed by atoms with Crippen molar-refractivity contribution in [2.75, 3.05) is 13.1 Å². The zero-order chi connectivity index (χ0) is 17.4. The molecule has 1 amide bonds. The number of nitrogens with zero attached hydrogens (tertiary/aromatic N) is 1. The normalized spacial score (nSPS) is 28.1. The monoisotopic (exact) mass is 376 g/mol. The van der Waals surface area contributed by atoms with Crippen LogP contribution >= 0.6 is 23.4 Å². The first-order chi connectivity index (χ1) is 12.1. The molecule has 6 heteroatoms. The van der Waals surface area contributed by atoms with Gasteiger partial charge in [0, 0.05) is 22.0 Å². The predicted octanol–water partition coefficient (Wildman–Crippen LogP) is 4.30. The molecular formula is C19H21ClN2O2S. The second-order valence-electron chi connectivity index (χ2n) is 6.79. The third-order valence-corrected chi connectivity index (χ3v) is 6.49. The van der Waals surface area contributed by atoms with Crippen molar-refractivity contribution in [3.63, 3.8) is 0 Å². The standard InChI is InChI=1S/C19H21ClN2O2S/c1-12-18(13-8-10-22(12)11-9-13)21-19(23)16-6-7-17(24-16)25-15-4-2-14(20)3-5-15/h2-7,12-13,18H,8-11H2,1H3,(H,21,23)/t12-,18-/m0/s1. The first-order valence-corrected chi connectivity index (χ1v) is 9.88. The molecule has 1 aromatic carbocycles. The minimum absolute atomic E-state index is 0.117. The lowest BCUT2D eigenvalue weighted by Crippen LogP contribution is -2.62. The summed E-state index contributed by atoms with van der Waals surface area (Å²) in [6.45, 7) is 4.52. The highest BCUT2D eigenvalue weighted by Gasteiger charge is 2.40. The van der Waals surface area contributed by atoms with E-state index in [1.807, 2.05) is 30.3 Å². The third-order valence-electron chi connectivity index (χ3n) is 5.31. The van der Waals surface area contributed by atoms with Gasteiger partial charge >= 0.3 is 0 Å². The molecule has 2 bridgehead atoms. The van der Waals surface area contributed by atoms with Crippen molar-refractivity contribution in [3.05, 3.63) is 47.2 Å². The Hall–Kier alpha value is -1.43. The molecule has 132 valence electrons. The maximum absolute atomic E-state index is 12.6. The summed E-state index contributed by atoms with van der Waals surface area (Å²) < 4.78 is 5.74. The summed E-state index contributed by atoms with van der Waals surface area (Å²) in [6, 6.07) is 11.8. The van der Waals surface area contributed by atoms with E-state index >= 15 is 0 Å². The average Bonchev–Trinajstić information content (AvgIpc) is 3.09. The highest BCUT2D eigenvalue weighted by atomic mass is 35.5. The fraction of sp³-hybridized carbons (Fsp3) is 0.421. The van der Waals surface area contributed by atoms with Gasteiger partial charge in [0.25, 0.3) is 5.91 Å². The highest BCUT2D eigenvalue weighted by molar-refractivity contribution is 7.99. The number of nitrogens with one attached hydrogen (secondary N) is 1. The summed E-state index contributed by atoms with van der Waals surface area (Å²) in [5.74, 6) is 0.843. The summed E-state index contributed by atoms with van der Waals surface area (Å²) in [6.07, 6.45) is 2.34. The Kier molecular flexibility index (Phi) is 4.80. The van der Waals surface area contributed by atoms with Crippen LogP contribution in [0.15, 0.2) is 50.8 Å². The molecule has 3 aliphatic rings. The maximum atomic E-state index is 12.6. The van der Waals surface area contributed by atoms with Crippen molar-refractivity contribution in [3.8, 4) is 0 Å². The van der Waals surface area contributed by atoms with E-state index in [-0.39, 0.29) is 11.9 Å². The average molecular weight is 377 g/mol. The summed E-state index contributed by atoms with van der Waals surface area (Å²) >= 11 is 7.38. The Bertz CT molecular complexity index is 751. The van der Waals surface area contributed by atoms with E-state index in [1.165, 1.54) is 24.6 Å². The van der Waals surface area contributed by atoms with E-state index in [9.17, 15) is 4.79 Å². The SMILES string of the molecule is C[C@H]1[C@H](NC(=O)c2ccc(Sc3ccc(Cl)cc3)o2)C2CCN1CC2. The van der Waals surface area contributed by atoms with Crippen molar-refractivity contribution in [2.45, 2.75) is 41.8 Å². The summed E-state index contributed by atoms with van der Waals surface area (Å²) in [5.41, 5.74) is 0. The van der Waals surface area contributed by atoms with Crippen molar-refractivity contribution in [1.29, 1.82) is 0 Å². The first kappa shape index (κ1) is 17.0. The van der Waals surface area contributed by atoms with Crippen LogP contribution < -0.4 is 5.32 Å². The Morgan fingerprint density at radius 1 is 1.20 bits per heavy atom. The van der Waals surface area contributed by atoms with E-state index < -0.39 is 0 Å². The van der Waals surface area contributed by atoms with Crippen LogP contribution in [0.2, 0.25) is 5.02 Å². The third kappa shape index (κ3) is 3.59. The van der Waals surface area contributed by atoms with Crippen LogP contribution in [-0.2, 0) is 0 Å². The number of amides is 1. The number of furan rings is 1. The number of piperidine rings is 3. The highest BCUT2D eigenvalue weighted by Crippen LogP contribution is 2.33. The fourth-order valence-corrected chi connectivity index (χ4v) is 4.78. The number of rotatable bonds is 4. The van der Waals surface area contributed by atoms with Gasteiger partial charge in [-0.05, 0) is 75.2 Å². The molecule has 0 unspecified atom stereocenters. The molecule has 2 atom stereocenters. The smallest absolute Gasteiger partial charge is 0.287 e. The van der Waals surface area contributed by atoms with E-state index in [1.54, 1.807) is 6.07 Å². The molecule has 1 N–H and O–H groups in total. The van der Waals surface area contributed by atoms with Crippen LogP contribution in [0, 0.1) is 5.92 Å². The van der Waals surface area contributed by atoms with Gasteiger partial charge in [-0.1, -0.05) is 23.4 Å². The number of halogens is 1. The van der Waals surface area contributed by atoms with Crippen LogP contribution in [0.5, 0.6) is 0 Å². The molecule has 4 nitrogen and oxygen atoms in total. The minimum Gasteiger partial charge on any atom is -0.444 e. The number of benzene rings is 1. The van der Waals surface area contributed by atoms with Gasteiger partial charge in [-0.2, -0.15) is 0 Å². The predicted molar refractivity (Wildman–Crippen MR) is 99.3 cm³/mol. The molecule has 3 saturated heterocycles. The summed E-state index contributed by atoms with van der Waals surface area (Å²) in [7, 11) is 0. The molecule has 4 heterocycles. The molecule has 3 aliphatic heterocycles.